The molecule has 1 aliphatic rings. The molecule has 0 bridgehead atoms. The summed E-state index contributed by atoms with van der Waals surface area (Å²) in [5.41, 5.74) is 2.33. The minimum atomic E-state index is 0.414. The first-order valence-corrected chi connectivity index (χ1v) is 11.0. The first kappa shape index (κ1) is 20.8. The Morgan fingerprint density at radius 2 is 1.72 bits per heavy atom. The molecular formula is C22H24Cl3N3O. The van der Waals surface area contributed by atoms with Gasteiger partial charge in [0, 0.05) is 50.2 Å². The Balaban J connectivity index is 1.63. The van der Waals surface area contributed by atoms with Crippen molar-refractivity contribution >= 4 is 45.7 Å². The van der Waals surface area contributed by atoms with Gasteiger partial charge in [0.1, 0.15) is 5.75 Å². The molecule has 4 nitrogen and oxygen atoms in total. The summed E-state index contributed by atoms with van der Waals surface area (Å²) in [5.74, 6) is 1.31. The number of aryl methyl sites for hydroxylation is 2. The number of piperazine rings is 1. The average molecular weight is 453 g/mol. The van der Waals surface area contributed by atoms with Gasteiger partial charge in [-0.3, -0.25) is 0 Å². The van der Waals surface area contributed by atoms with Gasteiger partial charge in [-0.15, -0.1) is 0 Å². The van der Waals surface area contributed by atoms with Crippen LogP contribution in [0, 0.1) is 0 Å². The van der Waals surface area contributed by atoms with E-state index < -0.39 is 0 Å². The molecule has 0 atom stereocenters. The lowest BCUT2D eigenvalue weighted by Crippen LogP contribution is -2.43. The summed E-state index contributed by atoms with van der Waals surface area (Å²) in [5, 5.41) is 5.89. The highest BCUT2D eigenvalue weighted by Gasteiger charge is 2.19. The third-order valence-corrected chi connectivity index (χ3v) is 6.46. The topological polar surface area (TPSA) is 29.4 Å². The molecule has 7 heteroatoms. The van der Waals surface area contributed by atoms with Crippen LogP contribution in [0.1, 0.15) is 12.0 Å². The number of benzene rings is 2. The molecule has 0 saturated carbocycles. The summed E-state index contributed by atoms with van der Waals surface area (Å²) in [4.78, 5) is 2.51. The van der Waals surface area contributed by atoms with Crippen LogP contribution in [0.15, 0.2) is 36.4 Å². The zero-order chi connectivity index (χ0) is 20.4. The number of halogens is 3. The van der Waals surface area contributed by atoms with Crippen LogP contribution in [-0.4, -0.2) is 42.2 Å². The number of nitrogens with one attached hydrogen (secondary N) is 1. The predicted octanol–water partition coefficient (Wildman–Crippen LogP) is 5.77. The summed E-state index contributed by atoms with van der Waals surface area (Å²) in [7, 11) is 2.02. The van der Waals surface area contributed by atoms with Crippen LogP contribution in [0.2, 0.25) is 15.1 Å². The lowest BCUT2D eigenvalue weighted by Gasteiger charge is -2.27. The molecule has 2 heterocycles. The van der Waals surface area contributed by atoms with Crippen molar-refractivity contribution in [3.05, 3.63) is 57.0 Å². The molecule has 0 amide bonds. The van der Waals surface area contributed by atoms with Gasteiger partial charge in [-0.2, -0.15) is 0 Å². The molecule has 1 aliphatic heterocycles. The fourth-order valence-corrected chi connectivity index (χ4v) is 4.50. The van der Waals surface area contributed by atoms with Crippen molar-refractivity contribution in [3.63, 3.8) is 0 Å². The van der Waals surface area contributed by atoms with Gasteiger partial charge in [-0.25, -0.2) is 0 Å². The van der Waals surface area contributed by atoms with Crippen molar-refractivity contribution in [1.29, 1.82) is 0 Å². The largest absolute Gasteiger partial charge is 0.439 e. The third kappa shape index (κ3) is 4.52. The van der Waals surface area contributed by atoms with Gasteiger partial charge >= 0.3 is 0 Å². The molecule has 0 radical (unpaired) electrons. The second-order valence-corrected chi connectivity index (χ2v) is 8.58. The standard InChI is InChI=1S/C22H24Cl3N3O/c1-27-20-7-3-2-5-15(20)16(6-4-10-28-11-8-26-9-12-28)22(27)29-21-14-18(24)17(23)13-19(21)25/h2-3,5,7,13-14,26H,4,6,8-12H2,1H3. The fourth-order valence-electron chi connectivity index (χ4n) is 3.92. The van der Waals surface area contributed by atoms with Crippen molar-refractivity contribution in [2.75, 3.05) is 32.7 Å². The summed E-state index contributed by atoms with van der Waals surface area (Å²) < 4.78 is 8.38. The molecular weight excluding hydrogens is 429 g/mol. The van der Waals surface area contributed by atoms with Gasteiger partial charge in [0.25, 0.3) is 0 Å². The monoisotopic (exact) mass is 451 g/mol. The first-order chi connectivity index (χ1) is 14.0. The maximum Gasteiger partial charge on any atom is 0.204 e. The Morgan fingerprint density at radius 1 is 1.00 bits per heavy atom. The molecule has 1 saturated heterocycles. The molecule has 29 heavy (non-hydrogen) atoms. The van der Waals surface area contributed by atoms with Crippen LogP contribution in [-0.2, 0) is 13.5 Å². The Bertz CT molecular complexity index is 1010. The van der Waals surface area contributed by atoms with E-state index in [1.807, 2.05) is 13.1 Å². The first-order valence-electron chi connectivity index (χ1n) is 9.86. The van der Waals surface area contributed by atoms with Gasteiger partial charge in [0.05, 0.1) is 20.6 Å². The minimum Gasteiger partial charge on any atom is -0.439 e. The Kier molecular flexibility index (Phi) is 6.57. The quantitative estimate of drug-likeness (QED) is 0.482. The van der Waals surface area contributed by atoms with Gasteiger partial charge in [0.2, 0.25) is 5.88 Å². The van der Waals surface area contributed by atoms with Gasteiger partial charge < -0.3 is 19.5 Å². The maximum atomic E-state index is 6.37. The number of hydrogen-bond donors (Lipinski definition) is 1. The Hall–Kier alpha value is -1.43. The molecule has 0 spiro atoms. The van der Waals surface area contributed by atoms with Crippen LogP contribution in [0.5, 0.6) is 11.6 Å². The van der Waals surface area contributed by atoms with Gasteiger partial charge in [-0.1, -0.05) is 53.0 Å². The van der Waals surface area contributed by atoms with E-state index in [2.05, 4.69) is 33.0 Å². The van der Waals surface area contributed by atoms with Crippen LogP contribution < -0.4 is 10.1 Å². The molecule has 154 valence electrons. The third-order valence-electron chi connectivity index (χ3n) is 5.45. The highest BCUT2D eigenvalue weighted by atomic mass is 35.5. The molecule has 1 fully saturated rings. The summed E-state index contributed by atoms with van der Waals surface area (Å²) in [6, 6.07) is 11.7. The van der Waals surface area contributed by atoms with E-state index in [-0.39, 0.29) is 0 Å². The number of aromatic nitrogens is 1. The summed E-state index contributed by atoms with van der Waals surface area (Å²) >= 11 is 18.6. The number of nitrogens with zero attached hydrogens (tertiary/aromatic N) is 2. The SMILES string of the molecule is Cn1c(Oc2cc(Cl)c(Cl)cc2Cl)c(CCCN2CCNCC2)c2ccccc21. The smallest absolute Gasteiger partial charge is 0.204 e. The average Bonchev–Trinajstić information content (AvgIpc) is 2.99. The van der Waals surface area contributed by atoms with Crippen LogP contribution in [0.3, 0.4) is 0 Å². The normalized spacial score (nSPS) is 15.2. The molecule has 1 aromatic heterocycles. The second-order valence-electron chi connectivity index (χ2n) is 7.35. The van der Waals surface area contributed by atoms with Crippen molar-refractivity contribution < 1.29 is 4.74 Å². The summed E-state index contributed by atoms with van der Waals surface area (Å²) in [6.45, 7) is 5.43. The molecule has 4 rings (SSSR count). The van der Waals surface area contributed by atoms with E-state index in [0.29, 0.717) is 20.8 Å². The Labute approximate surface area is 186 Å². The van der Waals surface area contributed by atoms with Gasteiger partial charge in [0.15, 0.2) is 0 Å². The molecule has 1 N–H and O–H groups in total. The number of rotatable bonds is 6. The van der Waals surface area contributed by atoms with Crippen molar-refractivity contribution in [2.24, 2.45) is 7.05 Å². The van der Waals surface area contributed by atoms with E-state index in [1.165, 1.54) is 10.9 Å². The van der Waals surface area contributed by atoms with Crippen molar-refractivity contribution in [2.45, 2.75) is 12.8 Å². The Morgan fingerprint density at radius 3 is 2.52 bits per heavy atom. The van der Waals surface area contributed by atoms with Crippen LogP contribution in [0.25, 0.3) is 10.9 Å². The van der Waals surface area contributed by atoms with Crippen LogP contribution in [0.4, 0.5) is 0 Å². The zero-order valence-electron chi connectivity index (χ0n) is 16.4. The maximum absolute atomic E-state index is 6.37. The zero-order valence-corrected chi connectivity index (χ0v) is 18.6. The number of hydrogen-bond acceptors (Lipinski definition) is 3. The molecule has 0 aliphatic carbocycles. The van der Waals surface area contributed by atoms with E-state index >= 15 is 0 Å². The van der Waals surface area contributed by atoms with Crippen molar-refractivity contribution in [3.8, 4) is 11.6 Å². The number of ether oxygens (including phenoxy) is 1. The highest BCUT2D eigenvalue weighted by Crippen LogP contribution is 2.40. The fraction of sp³-hybridized carbons (Fsp3) is 0.364. The van der Waals surface area contributed by atoms with E-state index in [4.69, 9.17) is 39.5 Å². The molecule has 3 aromatic rings. The lowest BCUT2D eigenvalue weighted by atomic mass is 10.1. The number of fused-ring (bicyclic) bond motifs is 1. The van der Waals surface area contributed by atoms with E-state index in [9.17, 15) is 0 Å². The lowest BCUT2D eigenvalue weighted by molar-refractivity contribution is 0.238. The van der Waals surface area contributed by atoms with Crippen molar-refractivity contribution in [1.82, 2.24) is 14.8 Å². The number of para-hydroxylation sites is 1. The van der Waals surface area contributed by atoms with Gasteiger partial charge in [-0.05, 0) is 31.5 Å². The highest BCUT2D eigenvalue weighted by molar-refractivity contribution is 6.43. The summed E-state index contributed by atoms with van der Waals surface area (Å²) in [6.07, 6.45) is 2.00. The minimum absolute atomic E-state index is 0.414. The second kappa shape index (κ2) is 9.15. The molecule has 0 unspecified atom stereocenters. The van der Waals surface area contributed by atoms with E-state index in [1.54, 1.807) is 12.1 Å². The molecule has 2 aromatic carbocycles. The van der Waals surface area contributed by atoms with Crippen LogP contribution >= 0.6 is 34.8 Å². The van der Waals surface area contributed by atoms with E-state index in [0.717, 1.165) is 57.0 Å². The predicted molar refractivity (Wildman–Crippen MR) is 122 cm³/mol.